The third kappa shape index (κ3) is 3.08. The molecule has 0 aromatic heterocycles. The highest BCUT2D eigenvalue weighted by atomic mass is 15.2. The van der Waals surface area contributed by atoms with Crippen LogP contribution in [-0.4, -0.2) is 24.5 Å². The average Bonchev–Trinajstić information content (AvgIpc) is 2.67. The van der Waals surface area contributed by atoms with Crippen LogP contribution in [0.4, 0.5) is 0 Å². The Labute approximate surface area is 105 Å². The molecule has 0 aliphatic carbocycles. The fourth-order valence-corrected chi connectivity index (χ4v) is 2.81. The Morgan fingerprint density at radius 2 is 2.00 bits per heavy atom. The molecule has 2 rings (SSSR count). The number of likely N-dealkylation sites (tertiary alicyclic amines) is 1. The van der Waals surface area contributed by atoms with Gasteiger partial charge in [0.15, 0.2) is 0 Å². The van der Waals surface area contributed by atoms with Gasteiger partial charge in [0.05, 0.1) is 0 Å². The zero-order valence-corrected chi connectivity index (χ0v) is 11.0. The van der Waals surface area contributed by atoms with Gasteiger partial charge in [-0.3, -0.25) is 4.90 Å². The molecule has 2 nitrogen and oxygen atoms in total. The van der Waals surface area contributed by atoms with Crippen molar-refractivity contribution in [1.29, 1.82) is 0 Å². The molecule has 94 valence electrons. The number of benzene rings is 1. The van der Waals surface area contributed by atoms with E-state index in [-0.39, 0.29) is 0 Å². The monoisotopic (exact) mass is 232 g/mol. The van der Waals surface area contributed by atoms with Gasteiger partial charge >= 0.3 is 0 Å². The first-order valence-corrected chi connectivity index (χ1v) is 6.61. The van der Waals surface area contributed by atoms with E-state index in [9.17, 15) is 0 Å². The molecule has 1 atom stereocenters. The maximum absolute atomic E-state index is 5.78. The third-order valence-electron chi connectivity index (χ3n) is 3.77. The molecule has 2 heteroatoms. The summed E-state index contributed by atoms with van der Waals surface area (Å²) in [5, 5.41) is 0. The maximum Gasteiger partial charge on any atom is 0.0360 e. The second kappa shape index (κ2) is 5.19. The smallest absolute Gasteiger partial charge is 0.0360 e. The highest BCUT2D eigenvalue weighted by Crippen LogP contribution is 2.35. The molecule has 17 heavy (non-hydrogen) atoms. The molecule has 1 heterocycles. The van der Waals surface area contributed by atoms with Crippen molar-refractivity contribution < 1.29 is 0 Å². The summed E-state index contributed by atoms with van der Waals surface area (Å²) in [5.41, 5.74) is 7.65. The summed E-state index contributed by atoms with van der Waals surface area (Å²) in [7, 11) is 0. The largest absolute Gasteiger partial charge is 0.330 e. The molecule has 1 unspecified atom stereocenters. The summed E-state index contributed by atoms with van der Waals surface area (Å²) in [5.74, 6) is 0. The molecule has 0 radical (unpaired) electrons. The minimum atomic E-state index is 0.460. The van der Waals surface area contributed by atoms with E-state index in [1.807, 2.05) is 0 Å². The van der Waals surface area contributed by atoms with Crippen LogP contribution >= 0.6 is 0 Å². The lowest BCUT2D eigenvalue weighted by atomic mass is 9.93. The normalized spacial score (nSPS) is 21.6. The standard InChI is InChI=1S/C15H24N2/c1-15(2)9-11-17(12-15)14(8-10-16)13-6-4-3-5-7-13/h3-7,14H,8-12,16H2,1-2H3. The van der Waals surface area contributed by atoms with Crippen LogP contribution < -0.4 is 5.73 Å². The first-order valence-electron chi connectivity index (χ1n) is 6.61. The van der Waals surface area contributed by atoms with Gasteiger partial charge in [-0.05, 0) is 36.9 Å². The zero-order valence-electron chi connectivity index (χ0n) is 11.0. The second-order valence-corrected chi connectivity index (χ2v) is 5.89. The van der Waals surface area contributed by atoms with Crippen LogP contribution in [0.1, 0.15) is 38.3 Å². The van der Waals surface area contributed by atoms with Gasteiger partial charge in [-0.2, -0.15) is 0 Å². The summed E-state index contributed by atoms with van der Waals surface area (Å²) in [6.07, 6.45) is 2.35. The molecule has 1 fully saturated rings. The van der Waals surface area contributed by atoms with E-state index in [1.54, 1.807) is 0 Å². The molecule has 0 spiro atoms. The minimum absolute atomic E-state index is 0.460. The van der Waals surface area contributed by atoms with Gasteiger partial charge in [-0.25, -0.2) is 0 Å². The predicted molar refractivity (Wildman–Crippen MR) is 72.8 cm³/mol. The summed E-state index contributed by atoms with van der Waals surface area (Å²) in [6, 6.07) is 11.3. The number of hydrogen-bond donors (Lipinski definition) is 1. The van der Waals surface area contributed by atoms with Gasteiger partial charge in [0.2, 0.25) is 0 Å². The number of nitrogens with two attached hydrogens (primary N) is 1. The van der Waals surface area contributed by atoms with Gasteiger partial charge in [0.25, 0.3) is 0 Å². The van der Waals surface area contributed by atoms with Gasteiger partial charge in [-0.15, -0.1) is 0 Å². The van der Waals surface area contributed by atoms with Gasteiger partial charge in [-0.1, -0.05) is 44.2 Å². The van der Waals surface area contributed by atoms with Gasteiger partial charge in [0, 0.05) is 12.6 Å². The van der Waals surface area contributed by atoms with Crippen LogP contribution in [0.5, 0.6) is 0 Å². The third-order valence-corrected chi connectivity index (χ3v) is 3.77. The van der Waals surface area contributed by atoms with E-state index in [0.29, 0.717) is 11.5 Å². The van der Waals surface area contributed by atoms with Crippen molar-refractivity contribution >= 4 is 0 Å². The maximum atomic E-state index is 5.78. The van der Waals surface area contributed by atoms with Crippen LogP contribution in [0.25, 0.3) is 0 Å². The lowest BCUT2D eigenvalue weighted by molar-refractivity contribution is 0.211. The minimum Gasteiger partial charge on any atom is -0.330 e. The summed E-state index contributed by atoms with van der Waals surface area (Å²) >= 11 is 0. The molecule has 1 saturated heterocycles. The molecule has 0 bridgehead atoms. The molecule has 0 amide bonds. The fraction of sp³-hybridized carbons (Fsp3) is 0.600. The van der Waals surface area contributed by atoms with Crippen molar-refractivity contribution in [2.24, 2.45) is 11.1 Å². The summed E-state index contributed by atoms with van der Waals surface area (Å²) < 4.78 is 0. The van der Waals surface area contributed by atoms with E-state index < -0.39 is 0 Å². The first-order chi connectivity index (χ1) is 8.12. The lowest BCUT2D eigenvalue weighted by Gasteiger charge is -2.29. The Morgan fingerprint density at radius 3 is 2.53 bits per heavy atom. The fourth-order valence-electron chi connectivity index (χ4n) is 2.81. The Balaban J connectivity index is 2.13. The number of rotatable bonds is 4. The topological polar surface area (TPSA) is 29.3 Å². The quantitative estimate of drug-likeness (QED) is 0.865. The van der Waals surface area contributed by atoms with Crippen LogP contribution in [0.2, 0.25) is 0 Å². The van der Waals surface area contributed by atoms with Crippen LogP contribution in [0.15, 0.2) is 30.3 Å². The Bertz CT molecular complexity index is 345. The average molecular weight is 232 g/mol. The summed E-state index contributed by atoms with van der Waals surface area (Å²) in [4.78, 5) is 2.60. The molecule has 0 saturated carbocycles. The second-order valence-electron chi connectivity index (χ2n) is 5.89. The number of hydrogen-bond acceptors (Lipinski definition) is 2. The number of nitrogens with zero attached hydrogens (tertiary/aromatic N) is 1. The van der Waals surface area contributed by atoms with Crippen molar-refractivity contribution in [3.8, 4) is 0 Å². The highest BCUT2D eigenvalue weighted by molar-refractivity contribution is 5.19. The molecular formula is C15H24N2. The molecule has 1 aromatic rings. The SMILES string of the molecule is CC1(C)CCN(C(CCN)c2ccccc2)C1. The van der Waals surface area contributed by atoms with E-state index in [0.717, 1.165) is 13.0 Å². The zero-order chi connectivity index (χ0) is 12.3. The van der Waals surface area contributed by atoms with E-state index in [1.165, 1.54) is 25.1 Å². The molecule has 1 aromatic carbocycles. The van der Waals surface area contributed by atoms with Crippen molar-refractivity contribution in [3.63, 3.8) is 0 Å². The highest BCUT2D eigenvalue weighted by Gasteiger charge is 2.33. The molecule has 1 aliphatic heterocycles. The molecule has 1 aliphatic rings. The van der Waals surface area contributed by atoms with Crippen LogP contribution in [0, 0.1) is 5.41 Å². The van der Waals surface area contributed by atoms with Crippen LogP contribution in [0.3, 0.4) is 0 Å². The lowest BCUT2D eigenvalue weighted by Crippen LogP contribution is -2.29. The Hall–Kier alpha value is -0.860. The van der Waals surface area contributed by atoms with E-state index >= 15 is 0 Å². The van der Waals surface area contributed by atoms with Gasteiger partial charge < -0.3 is 5.73 Å². The van der Waals surface area contributed by atoms with Crippen molar-refractivity contribution in [2.45, 2.75) is 32.7 Å². The van der Waals surface area contributed by atoms with Crippen LogP contribution in [-0.2, 0) is 0 Å². The van der Waals surface area contributed by atoms with E-state index in [2.05, 4.69) is 49.1 Å². The van der Waals surface area contributed by atoms with Crippen molar-refractivity contribution in [3.05, 3.63) is 35.9 Å². The van der Waals surface area contributed by atoms with Crippen molar-refractivity contribution in [1.82, 2.24) is 4.90 Å². The van der Waals surface area contributed by atoms with Crippen molar-refractivity contribution in [2.75, 3.05) is 19.6 Å². The first kappa shape index (κ1) is 12.6. The van der Waals surface area contributed by atoms with Gasteiger partial charge in [0.1, 0.15) is 0 Å². The Morgan fingerprint density at radius 1 is 1.29 bits per heavy atom. The molecule has 2 N–H and O–H groups in total. The predicted octanol–water partition coefficient (Wildman–Crippen LogP) is 2.81. The van der Waals surface area contributed by atoms with E-state index in [4.69, 9.17) is 5.73 Å². The molecular weight excluding hydrogens is 208 g/mol. The summed E-state index contributed by atoms with van der Waals surface area (Å²) in [6.45, 7) is 7.87. The Kier molecular flexibility index (Phi) is 3.85.